The Morgan fingerprint density at radius 1 is 1.03 bits per heavy atom. The number of amides is 3. The fourth-order valence-electron chi connectivity index (χ4n) is 3.62. The minimum atomic E-state index is -0.528. The van der Waals surface area contributed by atoms with Crippen LogP contribution in [-0.4, -0.2) is 55.1 Å². The van der Waals surface area contributed by atoms with Crippen molar-refractivity contribution in [1.29, 1.82) is 0 Å². The maximum Gasteiger partial charge on any atom is 0.341 e. The van der Waals surface area contributed by atoms with E-state index < -0.39 is 24.5 Å². The molecule has 1 aromatic carbocycles. The van der Waals surface area contributed by atoms with E-state index in [0.29, 0.717) is 42.2 Å². The van der Waals surface area contributed by atoms with E-state index in [4.69, 9.17) is 9.47 Å². The lowest BCUT2D eigenvalue weighted by atomic mass is 9.97. The summed E-state index contributed by atoms with van der Waals surface area (Å²) in [5.41, 5.74) is 1.78. The molecule has 0 unspecified atom stereocenters. The molecule has 0 aliphatic carbocycles. The van der Waals surface area contributed by atoms with Crippen LogP contribution in [0.3, 0.4) is 0 Å². The summed E-state index contributed by atoms with van der Waals surface area (Å²) >= 11 is 1.27. The maximum atomic E-state index is 12.4. The summed E-state index contributed by atoms with van der Waals surface area (Å²) in [5.74, 6) is -1.88. The summed E-state index contributed by atoms with van der Waals surface area (Å²) < 4.78 is 10.3. The smallest absolute Gasteiger partial charge is 0.341 e. The molecule has 2 N–H and O–H groups in total. The maximum absolute atomic E-state index is 12.4. The molecular formula is C24H29N3O6S. The van der Waals surface area contributed by atoms with E-state index in [1.54, 1.807) is 18.7 Å². The van der Waals surface area contributed by atoms with Gasteiger partial charge in [0.1, 0.15) is 5.00 Å². The number of hydrogen-bond donors (Lipinski definition) is 2. The normalized spacial score (nSPS) is 13.8. The highest BCUT2D eigenvalue weighted by atomic mass is 32.1. The largest absolute Gasteiger partial charge is 0.462 e. The van der Waals surface area contributed by atoms with Crippen molar-refractivity contribution in [2.24, 2.45) is 5.92 Å². The average Bonchev–Trinajstić information content (AvgIpc) is 3.11. The van der Waals surface area contributed by atoms with Crippen molar-refractivity contribution in [3.63, 3.8) is 0 Å². The van der Waals surface area contributed by atoms with Crippen LogP contribution in [0, 0.1) is 19.8 Å². The molecule has 0 radical (unpaired) electrons. The molecular weight excluding hydrogens is 458 g/mol. The van der Waals surface area contributed by atoms with Gasteiger partial charge >= 0.3 is 18.0 Å². The molecule has 0 saturated carbocycles. The Morgan fingerprint density at radius 3 is 2.35 bits per heavy atom. The molecule has 34 heavy (non-hydrogen) atoms. The molecule has 1 fully saturated rings. The minimum absolute atomic E-state index is 0.212. The molecule has 3 amide bonds. The highest BCUT2D eigenvalue weighted by Crippen LogP contribution is 2.33. The van der Waals surface area contributed by atoms with Crippen molar-refractivity contribution >= 4 is 45.9 Å². The Labute approximate surface area is 202 Å². The molecule has 1 aliphatic rings. The molecule has 182 valence electrons. The van der Waals surface area contributed by atoms with Crippen LogP contribution in [0.1, 0.15) is 40.6 Å². The van der Waals surface area contributed by atoms with Crippen molar-refractivity contribution < 1.29 is 28.7 Å². The second kappa shape index (κ2) is 11.6. The van der Waals surface area contributed by atoms with Gasteiger partial charge in [-0.15, -0.1) is 11.3 Å². The first-order valence-corrected chi connectivity index (χ1v) is 12.0. The molecule has 0 bridgehead atoms. The molecule has 9 nitrogen and oxygen atoms in total. The fraction of sp³-hybridized carbons (Fsp3) is 0.417. The molecule has 2 heterocycles. The van der Waals surface area contributed by atoms with Crippen molar-refractivity contribution in [1.82, 2.24) is 4.90 Å². The van der Waals surface area contributed by atoms with Crippen LogP contribution in [0.5, 0.6) is 0 Å². The van der Waals surface area contributed by atoms with Crippen molar-refractivity contribution in [3.8, 4) is 0 Å². The van der Waals surface area contributed by atoms with Gasteiger partial charge in [-0.1, -0.05) is 18.2 Å². The van der Waals surface area contributed by atoms with Gasteiger partial charge in [0.25, 0.3) is 5.91 Å². The van der Waals surface area contributed by atoms with E-state index in [1.807, 2.05) is 37.3 Å². The summed E-state index contributed by atoms with van der Waals surface area (Å²) in [6, 6.07) is 8.95. The third-order valence-corrected chi connectivity index (χ3v) is 6.73. The standard InChI is InChI=1S/C24H29N3O6S/c1-4-32-23(30)20-15(2)16(3)34-21(20)26-19(28)14-33-22(29)17-10-12-27(13-11-17)24(31)25-18-8-6-5-7-9-18/h5-9,17H,4,10-14H2,1-3H3,(H,25,31)(H,26,28). The summed E-state index contributed by atoms with van der Waals surface area (Å²) in [6.45, 7) is 5.97. The Kier molecular flexibility index (Phi) is 8.64. The third-order valence-electron chi connectivity index (χ3n) is 5.60. The number of para-hydroxylation sites is 1. The van der Waals surface area contributed by atoms with Gasteiger partial charge in [0.05, 0.1) is 18.1 Å². The molecule has 0 spiro atoms. The topological polar surface area (TPSA) is 114 Å². The van der Waals surface area contributed by atoms with Crippen molar-refractivity contribution in [2.45, 2.75) is 33.6 Å². The van der Waals surface area contributed by atoms with Crippen LogP contribution in [0.4, 0.5) is 15.5 Å². The zero-order valence-electron chi connectivity index (χ0n) is 19.5. The first-order chi connectivity index (χ1) is 16.3. The summed E-state index contributed by atoms with van der Waals surface area (Å²) in [5, 5.41) is 5.87. The van der Waals surface area contributed by atoms with E-state index in [0.717, 1.165) is 10.4 Å². The van der Waals surface area contributed by atoms with Crippen LogP contribution >= 0.6 is 11.3 Å². The summed E-state index contributed by atoms with van der Waals surface area (Å²) in [4.78, 5) is 52.0. The van der Waals surface area contributed by atoms with Gasteiger partial charge in [0.2, 0.25) is 0 Å². The number of ether oxygens (including phenoxy) is 2. The number of carbonyl (C=O) groups excluding carboxylic acids is 4. The summed E-state index contributed by atoms with van der Waals surface area (Å²) in [6.07, 6.45) is 0.915. The van der Waals surface area contributed by atoms with Gasteiger partial charge < -0.3 is 25.0 Å². The zero-order chi connectivity index (χ0) is 24.7. The van der Waals surface area contributed by atoms with Crippen LogP contribution < -0.4 is 10.6 Å². The Bertz CT molecular complexity index is 1040. The number of aryl methyl sites for hydroxylation is 1. The number of hydrogen-bond acceptors (Lipinski definition) is 7. The monoisotopic (exact) mass is 487 g/mol. The second-order valence-electron chi connectivity index (χ2n) is 7.92. The predicted molar refractivity (Wildman–Crippen MR) is 129 cm³/mol. The number of nitrogens with zero attached hydrogens (tertiary/aromatic N) is 1. The molecule has 1 aliphatic heterocycles. The molecule has 1 aromatic heterocycles. The number of benzene rings is 1. The van der Waals surface area contributed by atoms with E-state index in [2.05, 4.69) is 10.6 Å². The highest BCUT2D eigenvalue weighted by Gasteiger charge is 2.29. The van der Waals surface area contributed by atoms with Crippen LogP contribution in [0.25, 0.3) is 0 Å². The first-order valence-electron chi connectivity index (χ1n) is 11.1. The lowest BCUT2D eigenvalue weighted by Crippen LogP contribution is -2.43. The highest BCUT2D eigenvalue weighted by molar-refractivity contribution is 7.16. The number of esters is 2. The van der Waals surface area contributed by atoms with Gasteiger partial charge in [-0.2, -0.15) is 0 Å². The van der Waals surface area contributed by atoms with Gasteiger partial charge in [0.15, 0.2) is 6.61 Å². The number of likely N-dealkylation sites (tertiary alicyclic amines) is 1. The number of rotatable bonds is 7. The van der Waals surface area contributed by atoms with E-state index in [-0.39, 0.29) is 18.6 Å². The van der Waals surface area contributed by atoms with Gasteiger partial charge in [-0.05, 0) is 51.3 Å². The lowest BCUT2D eigenvalue weighted by molar-refractivity contribution is -0.152. The number of urea groups is 1. The quantitative estimate of drug-likeness (QED) is 0.572. The van der Waals surface area contributed by atoms with Gasteiger partial charge in [-0.3, -0.25) is 9.59 Å². The SMILES string of the molecule is CCOC(=O)c1c(NC(=O)COC(=O)C2CCN(C(=O)Nc3ccccc3)CC2)sc(C)c1C. The Hall–Kier alpha value is -3.40. The molecule has 1 saturated heterocycles. The molecule has 10 heteroatoms. The number of thiophene rings is 1. The number of piperidine rings is 1. The lowest BCUT2D eigenvalue weighted by Gasteiger charge is -2.30. The van der Waals surface area contributed by atoms with E-state index in [1.165, 1.54) is 11.3 Å². The fourth-order valence-corrected chi connectivity index (χ4v) is 4.69. The molecule has 0 atom stereocenters. The van der Waals surface area contributed by atoms with Crippen LogP contribution in [0.2, 0.25) is 0 Å². The number of anilines is 2. The van der Waals surface area contributed by atoms with Crippen LogP contribution in [-0.2, 0) is 19.1 Å². The third kappa shape index (κ3) is 6.34. The first kappa shape index (κ1) is 25.2. The number of nitrogens with one attached hydrogen (secondary N) is 2. The van der Waals surface area contributed by atoms with Gasteiger partial charge in [0, 0.05) is 23.7 Å². The van der Waals surface area contributed by atoms with E-state index in [9.17, 15) is 19.2 Å². The number of carbonyl (C=O) groups is 4. The van der Waals surface area contributed by atoms with Crippen molar-refractivity contribution in [2.75, 3.05) is 36.9 Å². The minimum Gasteiger partial charge on any atom is -0.462 e. The van der Waals surface area contributed by atoms with Gasteiger partial charge in [-0.25, -0.2) is 9.59 Å². The Morgan fingerprint density at radius 2 is 1.71 bits per heavy atom. The van der Waals surface area contributed by atoms with E-state index >= 15 is 0 Å². The zero-order valence-corrected chi connectivity index (χ0v) is 20.3. The molecule has 3 rings (SSSR count). The summed E-state index contributed by atoms with van der Waals surface area (Å²) in [7, 11) is 0. The average molecular weight is 488 g/mol. The Balaban J connectivity index is 1.46. The van der Waals surface area contributed by atoms with Crippen molar-refractivity contribution in [3.05, 3.63) is 46.3 Å². The predicted octanol–water partition coefficient (Wildman–Crippen LogP) is 3.97. The second-order valence-corrected chi connectivity index (χ2v) is 9.15. The van der Waals surface area contributed by atoms with Crippen LogP contribution in [0.15, 0.2) is 30.3 Å². The molecule has 2 aromatic rings.